The number of benzene rings is 1. The zero-order valence-electron chi connectivity index (χ0n) is 9.69. The van der Waals surface area contributed by atoms with Crippen molar-refractivity contribution in [1.29, 1.82) is 5.41 Å². The largest absolute Gasteiger partial charge is 0.368 e. The average Bonchev–Trinajstić information content (AvgIpc) is 2.88. The van der Waals surface area contributed by atoms with Crippen molar-refractivity contribution in [3.05, 3.63) is 34.2 Å². The normalized spacial score (nSPS) is 10.3. The van der Waals surface area contributed by atoms with Crippen molar-refractivity contribution in [3.8, 4) is 0 Å². The SMILES string of the molecule is CNc1nonc1C(=N)N(O)c1ccc(F)c(Br)c1. The van der Waals surface area contributed by atoms with Crippen LogP contribution in [0.2, 0.25) is 0 Å². The molecule has 0 amide bonds. The van der Waals surface area contributed by atoms with Gasteiger partial charge in [-0.25, -0.2) is 14.1 Å². The van der Waals surface area contributed by atoms with Gasteiger partial charge < -0.3 is 5.32 Å². The number of anilines is 2. The molecule has 7 nitrogen and oxygen atoms in total. The summed E-state index contributed by atoms with van der Waals surface area (Å²) in [7, 11) is 1.58. The van der Waals surface area contributed by atoms with E-state index >= 15 is 0 Å². The van der Waals surface area contributed by atoms with Crippen LogP contribution in [0.3, 0.4) is 0 Å². The number of aromatic nitrogens is 2. The Morgan fingerprint density at radius 3 is 2.89 bits per heavy atom. The minimum atomic E-state index is -0.470. The molecule has 0 unspecified atom stereocenters. The van der Waals surface area contributed by atoms with Crippen LogP contribution in [0.4, 0.5) is 15.9 Å². The monoisotopic (exact) mass is 329 g/mol. The predicted molar refractivity (Wildman–Crippen MR) is 69.0 cm³/mol. The van der Waals surface area contributed by atoms with E-state index in [4.69, 9.17) is 5.41 Å². The van der Waals surface area contributed by atoms with E-state index in [0.29, 0.717) is 5.06 Å². The van der Waals surface area contributed by atoms with Crippen molar-refractivity contribution in [1.82, 2.24) is 10.3 Å². The van der Waals surface area contributed by atoms with Crippen LogP contribution in [-0.4, -0.2) is 28.4 Å². The molecule has 0 saturated carbocycles. The number of amidine groups is 1. The summed E-state index contributed by atoms with van der Waals surface area (Å²) in [6, 6.07) is 3.81. The second-order valence-electron chi connectivity index (χ2n) is 3.47. The van der Waals surface area contributed by atoms with Crippen LogP contribution in [-0.2, 0) is 0 Å². The molecule has 100 valence electrons. The van der Waals surface area contributed by atoms with Crippen molar-refractivity contribution in [2.75, 3.05) is 17.4 Å². The van der Waals surface area contributed by atoms with Crippen LogP contribution in [0.5, 0.6) is 0 Å². The van der Waals surface area contributed by atoms with Crippen LogP contribution in [0.1, 0.15) is 5.69 Å². The van der Waals surface area contributed by atoms with Gasteiger partial charge in [-0.3, -0.25) is 10.6 Å². The highest BCUT2D eigenvalue weighted by Gasteiger charge is 2.20. The van der Waals surface area contributed by atoms with Crippen molar-refractivity contribution in [2.24, 2.45) is 0 Å². The van der Waals surface area contributed by atoms with Gasteiger partial charge in [0.15, 0.2) is 11.5 Å². The Kier molecular flexibility index (Phi) is 3.76. The molecular weight excluding hydrogens is 321 g/mol. The molecule has 19 heavy (non-hydrogen) atoms. The lowest BCUT2D eigenvalue weighted by Gasteiger charge is -2.16. The number of halogens is 2. The van der Waals surface area contributed by atoms with E-state index in [-0.39, 0.29) is 27.5 Å². The smallest absolute Gasteiger partial charge is 0.202 e. The molecule has 0 radical (unpaired) electrons. The van der Waals surface area contributed by atoms with Crippen LogP contribution in [0.15, 0.2) is 27.3 Å². The fourth-order valence-electron chi connectivity index (χ4n) is 1.35. The van der Waals surface area contributed by atoms with Gasteiger partial charge in [-0.15, -0.1) is 0 Å². The fraction of sp³-hybridized carbons (Fsp3) is 0.100. The summed E-state index contributed by atoms with van der Waals surface area (Å²) in [6.45, 7) is 0. The van der Waals surface area contributed by atoms with Gasteiger partial charge in [-0.1, -0.05) is 0 Å². The maximum atomic E-state index is 13.1. The summed E-state index contributed by atoms with van der Waals surface area (Å²) < 4.78 is 17.8. The van der Waals surface area contributed by atoms with Crippen LogP contribution >= 0.6 is 15.9 Å². The summed E-state index contributed by atoms with van der Waals surface area (Å²) in [5, 5.41) is 28.0. The van der Waals surface area contributed by atoms with Gasteiger partial charge in [0, 0.05) is 7.05 Å². The lowest BCUT2D eigenvalue weighted by molar-refractivity contribution is 0.300. The molecular formula is C10H9BrFN5O2. The Morgan fingerprint density at radius 1 is 1.53 bits per heavy atom. The molecule has 2 rings (SSSR count). The van der Waals surface area contributed by atoms with Gasteiger partial charge >= 0.3 is 0 Å². The van der Waals surface area contributed by atoms with E-state index in [0.717, 1.165) is 6.07 Å². The zero-order chi connectivity index (χ0) is 14.0. The predicted octanol–water partition coefficient (Wildman–Crippen LogP) is 2.23. The number of hydroxylamine groups is 1. The molecule has 0 aliphatic rings. The first kappa shape index (κ1) is 13.4. The van der Waals surface area contributed by atoms with E-state index in [2.05, 4.69) is 36.2 Å². The first-order valence-corrected chi connectivity index (χ1v) is 5.87. The first-order chi connectivity index (χ1) is 9.04. The van der Waals surface area contributed by atoms with Crippen LogP contribution < -0.4 is 10.4 Å². The molecule has 3 N–H and O–H groups in total. The Morgan fingerprint density at radius 2 is 2.26 bits per heavy atom. The van der Waals surface area contributed by atoms with E-state index in [1.807, 2.05) is 0 Å². The topological polar surface area (TPSA) is 98.3 Å². The molecule has 0 aliphatic heterocycles. The average molecular weight is 330 g/mol. The van der Waals surface area contributed by atoms with Crippen molar-refractivity contribution >= 4 is 33.3 Å². The van der Waals surface area contributed by atoms with Gasteiger partial charge in [0.05, 0.1) is 10.2 Å². The quantitative estimate of drug-likeness (QED) is 0.454. The summed E-state index contributed by atoms with van der Waals surface area (Å²) in [5.41, 5.74) is 0.230. The molecule has 0 atom stereocenters. The highest BCUT2D eigenvalue weighted by Crippen LogP contribution is 2.24. The first-order valence-electron chi connectivity index (χ1n) is 5.08. The zero-order valence-corrected chi connectivity index (χ0v) is 11.3. The van der Waals surface area contributed by atoms with Gasteiger partial charge in [0.2, 0.25) is 5.82 Å². The van der Waals surface area contributed by atoms with Crippen LogP contribution in [0.25, 0.3) is 0 Å². The summed E-state index contributed by atoms with van der Waals surface area (Å²) >= 11 is 3.00. The fourth-order valence-corrected chi connectivity index (χ4v) is 1.72. The van der Waals surface area contributed by atoms with Crippen molar-refractivity contribution < 1.29 is 14.2 Å². The molecule has 1 aromatic heterocycles. The Balaban J connectivity index is 2.31. The summed E-state index contributed by atoms with van der Waals surface area (Å²) in [4.78, 5) is 0. The number of nitrogens with zero attached hydrogens (tertiary/aromatic N) is 3. The number of rotatable bonds is 3. The lowest BCUT2D eigenvalue weighted by Crippen LogP contribution is -2.28. The molecule has 1 heterocycles. The minimum absolute atomic E-state index is 0.0328. The summed E-state index contributed by atoms with van der Waals surface area (Å²) in [5.74, 6) is -0.614. The Labute approximate surface area is 115 Å². The molecule has 9 heteroatoms. The van der Waals surface area contributed by atoms with E-state index in [9.17, 15) is 9.60 Å². The van der Waals surface area contributed by atoms with Crippen molar-refractivity contribution in [3.63, 3.8) is 0 Å². The summed E-state index contributed by atoms with van der Waals surface area (Å²) in [6.07, 6.45) is 0. The molecule has 0 aliphatic carbocycles. The number of nitrogens with one attached hydrogen (secondary N) is 2. The second-order valence-corrected chi connectivity index (χ2v) is 4.32. The maximum Gasteiger partial charge on any atom is 0.202 e. The third-order valence-corrected chi connectivity index (χ3v) is 2.92. The number of hydrogen-bond acceptors (Lipinski definition) is 6. The molecule has 0 bridgehead atoms. The van der Waals surface area contributed by atoms with Crippen LogP contribution in [0, 0.1) is 11.2 Å². The van der Waals surface area contributed by atoms with Gasteiger partial charge in [0.25, 0.3) is 0 Å². The molecule has 0 saturated heterocycles. The number of hydrogen-bond donors (Lipinski definition) is 3. The second kappa shape index (κ2) is 5.33. The van der Waals surface area contributed by atoms with Gasteiger partial charge in [-0.05, 0) is 44.4 Å². The van der Waals surface area contributed by atoms with Gasteiger partial charge in [0.1, 0.15) is 5.82 Å². The molecule has 2 aromatic rings. The molecule has 0 spiro atoms. The maximum absolute atomic E-state index is 13.1. The molecule has 1 aromatic carbocycles. The molecule has 0 fully saturated rings. The minimum Gasteiger partial charge on any atom is -0.368 e. The highest BCUT2D eigenvalue weighted by atomic mass is 79.9. The standard InChI is InChI=1S/C10H9BrFN5O2/c1-14-10-8(15-19-16-10)9(13)17(18)5-2-3-7(12)6(11)4-5/h2-4,13,18H,1H3,(H,14,16). The van der Waals surface area contributed by atoms with E-state index < -0.39 is 5.82 Å². The third-order valence-electron chi connectivity index (χ3n) is 2.31. The Bertz CT molecular complexity index is 618. The van der Waals surface area contributed by atoms with E-state index in [1.165, 1.54) is 12.1 Å². The highest BCUT2D eigenvalue weighted by molar-refractivity contribution is 9.10. The lowest BCUT2D eigenvalue weighted by atomic mass is 10.3. The van der Waals surface area contributed by atoms with E-state index in [1.54, 1.807) is 7.05 Å². The van der Waals surface area contributed by atoms with Gasteiger partial charge in [-0.2, -0.15) is 0 Å². The third kappa shape index (κ3) is 2.56. The van der Waals surface area contributed by atoms with Crippen molar-refractivity contribution in [2.45, 2.75) is 0 Å². The Hall–Kier alpha value is -2.00.